The Morgan fingerprint density at radius 2 is 1.95 bits per heavy atom. The molecule has 0 aliphatic heterocycles. The number of benzene rings is 1. The van der Waals surface area contributed by atoms with Crippen molar-refractivity contribution in [2.75, 3.05) is 17.2 Å². The van der Waals surface area contributed by atoms with Crippen molar-refractivity contribution >= 4 is 11.8 Å². The van der Waals surface area contributed by atoms with Gasteiger partial charge in [-0.05, 0) is 43.0 Å². The van der Waals surface area contributed by atoms with Crippen molar-refractivity contribution in [2.45, 2.75) is 25.3 Å². The van der Waals surface area contributed by atoms with Crippen LogP contribution < -0.4 is 10.6 Å². The van der Waals surface area contributed by atoms with Gasteiger partial charge in [0.25, 0.3) is 0 Å². The van der Waals surface area contributed by atoms with E-state index in [-0.39, 0.29) is 5.82 Å². The number of anilines is 2. The molecule has 2 N–H and O–H groups in total. The first-order chi connectivity index (χ1) is 9.79. The summed E-state index contributed by atoms with van der Waals surface area (Å²) in [5.41, 5.74) is 1.10. The molecule has 0 radical (unpaired) electrons. The maximum absolute atomic E-state index is 12.8. The van der Waals surface area contributed by atoms with Crippen LogP contribution >= 0.6 is 0 Å². The highest BCUT2D eigenvalue weighted by atomic mass is 19.1. The van der Waals surface area contributed by atoms with Gasteiger partial charge in [0.15, 0.2) is 0 Å². The van der Waals surface area contributed by atoms with E-state index in [2.05, 4.69) is 20.6 Å². The lowest BCUT2D eigenvalue weighted by Crippen LogP contribution is -2.09. The molecular formula is C15H17FN4. The Hall–Kier alpha value is -2.17. The molecule has 0 amide bonds. The first kappa shape index (κ1) is 12.8. The third-order valence-corrected chi connectivity index (χ3v) is 3.20. The molecule has 0 saturated heterocycles. The molecule has 2 aromatic rings. The summed E-state index contributed by atoms with van der Waals surface area (Å²) in [5, 5.41) is 6.52. The van der Waals surface area contributed by atoms with Crippen molar-refractivity contribution < 1.29 is 4.39 Å². The zero-order valence-corrected chi connectivity index (χ0v) is 11.1. The van der Waals surface area contributed by atoms with Gasteiger partial charge in [0.1, 0.15) is 11.6 Å². The molecule has 0 spiro atoms. The molecule has 1 heterocycles. The zero-order chi connectivity index (χ0) is 13.8. The molecule has 4 nitrogen and oxygen atoms in total. The van der Waals surface area contributed by atoms with Crippen LogP contribution in [0.25, 0.3) is 0 Å². The van der Waals surface area contributed by atoms with Gasteiger partial charge in [-0.1, -0.05) is 12.1 Å². The highest BCUT2D eigenvalue weighted by Crippen LogP contribution is 2.23. The number of halogens is 1. The quantitative estimate of drug-likeness (QED) is 0.849. The number of nitrogens with one attached hydrogen (secondary N) is 2. The second kappa shape index (κ2) is 5.86. The van der Waals surface area contributed by atoms with Gasteiger partial charge in [-0.3, -0.25) is 0 Å². The minimum absolute atomic E-state index is 0.201. The summed E-state index contributed by atoms with van der Waals surface area (Å²) in [6.45, 7) is 0.755. The average molecular weight is 272 g/mol. The molecular weight excluding hydrogens is 255 g/mol. The summed E-state index contributed by atoms with van der Waals surface area (Å²) in [6.07, 6.45) is 4.98. The van der Waals surface area contributed by atoms with E-state index < -0.39 is 0 Å². The Morgan fingerprint density at radius 3 is 2.70 bits per heavy atom. The molecule has 1 aromatic heterocycles. The first-order valence-corrected chi connectivity index (χ1v) is 6.87. The molecule has 104 valence electrons. The zero-order valence-electron chi connectivity index (χ0n) is 11.1. The van der Waals surface area contributed by atoms with Crippen molar-refractivity contribution in [3.05, 3.63) is 47.9 Å². The minimum atomic E-state index is -0.201. The second-order valence-corrected chi connectivity index (χ2v) is 4.99. The Labute approximate surface area is 117 Å². The molecule has 0 bridgehead atoms. The molecule has 3 rings (SSSR count). The highest BCUT2D eigenvalue weighted by molar-refractivity contribution is 5.40. The number of hydrogen-bond donors (Lipinski definition) is 2. The van der Waals surface area contributed by atoms with Gasteiger partial charge in [-0.15, -0.1) is 0 Å². The summed E-state index contributed by atoms with van der Waals surface area (Å²) in [4.78, 5) is 8.60. The predicted octanol–water partition coefficient (Wildman–Crippen LogP) is 2.84. The maximum Gasteiger partial charge on any atom is 0.224 e. The van der Waals surface area contributed by atoms with Crippen molar-refractivity contribution in [1.29, 1.82) is 0 Å². The number of rotatable bonds is 6. The molecule has 1 aliphatic carbocycles. The minimum Gasteiger partial charge on any atom is -0.370 e. The Kier molecular flexibility index (Phi) is 3.76. The van der Waals surface area contributed by atoms with E-state index in [1.54, 1.807) is 18.3 Å². The van der Waals surface area contributed by atoms with Crippen LogP contribution in [-0.2, 0) is 6.42 Å². The van der Waals surface area contributed by atoms with E-state index in [4.69, 9.17) is 0 Å². The van der Waals surface area contributed by atoms with Crippen LogP contribution in [0.5, 0.6) is 0 Å². The van der Waals surface area contributed by atoms with Crippen LogP contribution in [0.1, 0.15) is 18.4 Å². The summed E-state index contributed by atoms with van der Waals surface area (Å²) < 4.78 is 12.8. The standard InChI is InChI=1S/C15H17FN4/c16-12-3-1-11(2-4-12)7-9-17-14-8-10-18-15(20-14)19-13-5-6-13/h1-4,8,10,13H,5-7,9H2,(H2,17,18,19,20). The lowest BCUT2D eigenvalue weighted by Gasteiger charge is -2.08. The highest BCUT2D eigenvalue weighted by Gasteiger charge is 2.21. The van der Waals surface area contributed by atoms with E-state index in [1.807, 2.05) is 6.07 Å². The lowest BCUT2D eigenvalue weighted by atomic mass is 10.1. The lowest BCUT2D eigenvalue weighted by molar-refractivity contribution is 0.627. The molecule has 0 atom stereocenters. The van der Waals surface area contributed by atoms with Gasteiger partial charge in [-0.2, -0.15) is 4.98 Å². The molecule has 1 fully saturated rings. The van der Waals surface area contributed by atoms with Gasteiger partial charge in [0.05, 0.1) is 0 Å². The van der Waals surface area contributed by atoms with E-state index >= 15 is 0 Å². The van der Waals surface area contributed by atoms with E-state index in [0.717, 1.165) is 24.3 Å². The monoisotopic (exact) mass is 272 g/mol. The van der Waals surface area contributed by atoms with E-state index in [1.165, 1.54) is 25.0 Å². The van der Waals surface area contributed by atoms with Crippen molar-refractivity contribution in [1.82, 2.24) is 9.97 Å². The van der Waals surface area contributed by atoms with Gasteiger partial charge in [0.2, 0.25) is 5.95 Å². The van der Waals surface area contributed by atoms with E-state index in [0.29, 0.717) is 12.0 Å². The summed E-state index contributed by atoms with van der Waals surface area (Å²) >= 11 is 0. The largest absolute Gasteiger partial charge is 0.370 e. The third kappa shape index (κ3) is 3.66. The number of hydrogen-bond acceptors (Lipinski definition) is 4. The predicted molar refractivity (Wildman–Crippen MR) is 77.3 cm³/mol. The molecule has 1 saturated carbocycles. The second-order valence-electron chi connectivity index (χ2n) is 4.99. The third-order valence-electron chi connectivity index (χ3n) is 3.20. The number of aromatic nitrogens is 2. The van der Waals surface area contributed by atoms with E-state index in [9.17, 15) is 4.39 Å². The fourth-order valence-corrected chi connectivity index (χ4v) is 1.92. The Morgan fingerprint density at radius 1 is 1.15 bits per heavy atom. The summed E-state index contributed by atoms with van der Waals surface area (Å²) in [6, 6.07) is 8.97. The van der Waals surface area contributed by atoms with Gasteiger partial charge in [-0.25, -0.2) is 9.37 Å². The van der Waals surface area contributed by atoms with Crippen LogP contribution in [0.15, 0.2) is 36.5 Å². The van der Waals surface area contributed by atoms with Crippen LogP contribution in [0.4, 0.5) is 16.2 Å². The summed E-state index contributed by atoms with van der Waals surface area (Å²) in [5.74, 6) is 1.29. The SMILES string of the molecule is Fc1ccc(CCNc2ccnc(NC3CC3)n2)cc1. The number of nitrogens with zero attached hydrogens (tertiary/aromatic N) is 2. The van der Waals surface area contributed by atoms with Gasteiger partial charge < -0.3 is 10.6 Å². The van der Waals surface area contributed by atoms with Gasteiger partial charge >= 0.3 is 0 Å². The normalized spacial score (nSPS) is 14.1. The Bertz CT molecular complexity index is 566. The Balaban J connectivity index is 1.51. The first-order valence-electron chi connectivity index (χ1n) is 6.87. The average Bonchev–Trinajstić information content (AvgIpc) is 3.26. The molecule has 1 aliphatic rings. The van der Waals surface area contributed by atoms with Crippen LogP contribution in [0.3, 0.4) is 0 Å². The molecule has 1 aromatic carbocycles. The fourth-order valence-electron chi connectivity index (χ4n) is 1.92. The topological polar surface area (TPSA) is 49.8 Å². The molecule has 5 heteroatoms. The van der Waals surface area contributed by atoms with Crippen LogP contribution in [0.2, 0.25) is 0 Å². The van der Waals surface area contributed by atoms with Crippen LogP contribution in [-0.4, -0.2) is 22.6 Å². The maximum atomic E-state index is 12.8. The van der Waals surface area contributed by atoms with Crippen molar-refractivity contribution in [3.63, 3.8) is 0 Å². The van der Waals surface area contributed by atoms with Crippen molar-refractivity contribution in [3.8, 4) is 0 Å². The smallest absolute Gasteiger partial charge is 0.224 e. The van der Waals surface area contributed by atoms with Gasteiger partial charge in [0, 0.05) is 18.8 Å². The summed E-state index contributed by atoms with van der Waals surface area (Å²) in [7, 11) is 0. The fraction of sp³-hybridized carbons (Fsp3) is 0.333. The van der Waals surface area contributed by atoms with Crippen molar-refractivity contribution in [2.24, 2.45) is 0 Å². The molecule has 20 heavy (non-hydrogen) atoms. The van der Waals surface area contributed by atoms with Crippen LogP contribution in [0, 0.1) is 5.82 Å². The molecule has 0 unspecified atom stereocenters.